The minimum Gasteiger partial charge on any atom is -0.489 e. The molecule has 0 amide bonds. The molecule has 1 heterocycles. The molecule has 0 spiro atoms. The van der Waals surface area contributed by atoms with Crippen molar-refractivity contribution in [2.75, 3.05) is 6.61 Å². The third kappa shape index (κ3) is 3.70. The smallest absolute Gasteiger partial charge is 0.140 e. The van der Waals surface area contributed by atoms with Crippen molar-refractivity contribution in [3.05, 3.63) is 23.5 Å². The largest absolute Gasteiger partial charge is 0.489 e. The van der Waals surface area contributed by atoms with Crippen molar-refractivity contribution in [3.8, 4) is 5.75 Å². The summed E-state index contributed by atoms with van der Waals surface area (Å²) >= 11 is 0. The van der Waals surface area contributed by atoms with E-state index in [2.05, 4.69) is 11.9 Å². The number of hydrogen-bond acceptors (Lipinski definition) is 3. The van der Waals surface area contributed by atoms with Gasteiger partial charge in [-0.15, -0.1) is 0 Å². The second-order valence-corrected chi connectivity index (χ2v) is 5.05. The van der Waals surface area contributed by atoms with Crippen molar-refractivity contribution in [3.63, 3.8) is 0 Å². The highest BCUT2D eigenvalue weighted by molar-refractivity contribution is 5.29. The molecule has 0 saturated carbocycles. The van der Waals surface area contributed by atoms with Crippen LogP contribution in [0.15, 0.2) is 12.1 Å². The summed E-state index contributed by atoms with van der Waals surface area (Å²) in [5, 5.41) is 10.1. The van der Waals surface area contributed by atoms with E-state index in [1.165, 1.54) is 0 Å². The highest BCUT2D eigenvalue weighted by Crippen LogP contribution is 2.22. The molecule has 17 heavy (non-hydrogen) atoms. The van der Waals surface area contributed by atoms with E-state index in [0.717, 1.165) is 23.6 Å². The van der Waals surface area contributed by atoms with Gasteiger partial charge < -0.3 is 9.84 Å². The first-order valence-electron chi connectivity index (χ1n) is 6.18. The topological polar surface area (TPSA) is 42.4 Å². The highest BCUT2D eigenvalue weighted by atomic mass is 16.5. The van der Waals surface area contributed by atoms with Gasteiger partial charge in [0.05, 0.1) is 11.3 Å². The standard InChI is InChI=1S/C14H23NO2/c1-6-12-13(8-7-11(4)15-12)17-9-14(5,16)10(2)3/h7-8,10,16H,6,9H2,1-5H3. The molecule has 0 aliphatic carbocycles. The van der Waals surface area contributed by atoms with Gasteiger partial charge in [0.1, 0.15) is 12.4 Å². The summed E-state index contributed by atoms with van der Waals surface area (Å²) in [6.45, 7) is 10.1. The number of rotatable bonds is 5. The van der Waals surface area contributed by atoms with E-state index in [4.69, 9.17) is 4.74 Å². The minimum absolute atomic E-state index is 0.158. The molecule has 1 atom stereocenters. The quantitative estimate of drug-likeness (QED) is 0.856. The molecule has 0 bridgehead atoms. The van der Waals surface area contributed by atoms with Crippen molar-refractivity contribution in [1.29, 1.82) is 0 Å². The maximum absolute atomic E-state index is 10.1. The van der Waals surface area contributed by atoms with E-state index in [0.29, 0.717) is 6.61 Å². The van der Waals surface area contributed by atoms with Gasteiger partial charge in [-0.05, 0) is 38.3 Å². The van der Waals surface area contributed by atoms with Gasteiger partial charge in [-0.25, -0.2) is 0 Å². The van der Waals surface area contributed by atoms with Crippen LogP contribution in [0.1, 0.15) is 39.1 Å². The number of hydrogen-bond donors (Lipinski definition) is 1. The summed E-state index contributed by atoms with van der Waals surface area (Å²) in [5.41, 5.74) is 1.13. The third-order valence-corrected chi connectivity index (χ3v) is 3.17. The molecule has 0 aliphatic heterocycles. The van der Waals surface area contributed by atoms with E-state index < -0.39 is 5.60 Å². The highest BCUT2D eigenvalue weighted by Gasteiger charge is 2.26. The molecule has 0 aliphatic rings. The fourth-order valence-corrected chi connectivity index (χ4v) is 1.37. The zero-order chi connectivity index (χ0) is 13.1. The molecule has 96 valence electrons. The predicted molar refractivity (Wildman–Crippen MR) is 69.3 cm³/mol. The maximum atomic E-state index is 10.1. The second kappa shape index (κ2) is 5.50. The Kier molecular flexibility index (Phi) is 4.52. The number of aryl methyl sites for hydroxylation is 2. The molecule has 1 unspecified atom stereocenters. The molecule has 1 N–H and O–H groups in total. The molecule has 0 saturated heterocycles. The molecule has 1 aromatic rings. The fourth-order valence-electron chi connectivity index (χ4n) is 1.37. The van der Waals surface area contributed by atoms with Gasteiger partial charge in [0.25, 0.3) is 0 Å². The summed E-state index contributed by atoms with van der Waals surface area (Å²) in [4.78, 5) is 4.43. The molecule has 0 fully saturated rings. The average Bonchev–Trinajstić information content (AvgIpc) is 2.27. The molecular weight excluding hydrogens is 214 g/mol. The molecule has 1 rings (SSSR count). The lowest BCUT2D eigenvalue weighted by Crippen LogP contribution is -2.38. The Morgan fingerprint density at radius 3 is 2.59 bits per heavy atom. The summed E-state index contributed by atoms with van der Waals surface area (Å²) in [5.74, 6) is 0.935. The van der Waals surface area contributed by atoms with Crippen molar-refractivity contribution in [2.24, 2.45) is 5.92 Å². The number of nitrogens with zero attached hydrogens (tertiary/aromatic N) is 1. The monoisotopic (exact) mass is 237 g/mol. The minimum atomic E-state index is -0.810. The molecule has 1 aromatic heterocycles. The normalized spacial score (nSPS) is 14.8. The Balaban J connectivity index is 2.76. The summed E-state index contributed by atoms with van der Waals surface area (Å²) in [7, 11) is 0. The molecular formula is C14H23NO2. The van der Waals surface area contributed by atoms with Crippen LogP contribution in [0.4, 0.5) is 0 Å². The summed E-state index contributed by atoms with van der Waals surface area (Å²) < 4.78 is 5.70. The lowest BCUT2D eigenvalue weighted by molar-refractivity contribution is -0.0269. The summed E-state index contributed by atoms with van der Waals surface area (Å²) in [6, 6.07) is 3.86. The van der Waals surface area contributed by atoms with E-state index in [9.17, 15) is 5.11 Å². The Hall–Kier alpha value is -1.09. The van der Waals surface area contributed by atoms with Crippen molar-refractivity contribution < 1.29 is 9.84 Å². The number of pyridine rings is 1. The molecule has 0 radical (unpaired) electrons. The van der Waals surface area contributed by atoms with Crippen LogP contribution in [0.3, 0.4) is 0 Å². The first-order valence-corrected chi connectivity index (χ1v) is 6.18. The van der Waals surface area contributed by atoms with Gasteiger partial charge in [0.2, 0.25) is 0 Å². The van der Waals surface area contributed by atoms with Crippen LogP contribution < -0.4 is 4.74 Å². The van der Waals surface area contributed by atoms with Crippen LogP contribution in [0.2, 0.25) is 0 Å². The van der Waals surface area contributed by atoms with Gasteiger partial charge in [-0.3, -0.25) is 4.98 Å². The van der Waals surface area contributed by atoms with Crippen LogP contribution in [0.5, 0.6) is 5.75 Å². The number of ether oxygens (including phenoxy) is 1. The van der Waals surface area contributed by atoms with Gasteiger partial charge in [-0.1, -0.05) is 20.8 Å². The van der Waals surface area contributed by atoms with Crippen LogP contribution >= 0.6 is 0 Å². The van der Waals surface area contributed by atoms with Crippen LogP contribution in [-0.4, -0.2) is 22.3 Å². The molecule has 3 heteroatoms. The van der Waals surface area contributed by atoms with Gasteiger partial charge in [-0.2, -0.15) is 0 Å². The molecule has 0 aromatic carbocycles. The average molecular weight is 237 g/mol. The number of aromatic nitrogens is 1. The lowest BCUT2D eigenvalue weighted by atomic mass is 9.94. The van der Waals surface area contributed by atoms with Crippen LogP contribution in [0, 0.1) is 12.8 Å². The van der Waals surface area contributed by atoms with Crippen molar-refractivity contribution in [1.82, 2.24) is 4.98 Å². The van der Waals surface area contributed by atoms with E-state index in [1.54, 1.807) is 6.92 Å². The fraction of sp³-hybridized carbons (Fsp3) is 0.643. The summed E-state index contributed by atoms with van der Waals surface area (Å²) in [6.07, 6.45) is 0.834. The first kappa shape index (κ1) is 14.0. The van der Waals surface area contributed by atoms with E-state index >= 15 is 0 Å². The zero-order valence-electron chi connectivity index (χ0n) is 11.4. The predicted octanol–water partition coefficient (Wildman–Crippen LogP) is 2.74. The zero-order valence-corrected chi connectivity index (χ0v) is 11.4. The van der Waals surface area contributed by atoms with Crippen molar-refractivity contribution >= 4 is 0 Å². The third-order valence-electron chi connectivity index (χ3n) is 3.17. The molecule has 3 nitrogen and oxygen atoms in total. The van der Waals surface area contributed by atoms with E-state index in [-0.39, 0.29) is 5.92 Å². The van der Waals surface area contributed by atoms with E-state index in [1.807, 2.05) is 32.9 Å². The Morgan fingerprint density at radius 2 is 2.06 bits per heavy atom. The first-order chi connectivity index (χ1) is 7.86. The van der Waals surface area contributed by atoms with Gasteiger partial charge in [0, 0.05) is 5.69 Å². The SMILES string of the molecule is CCc1nc(C)ccc1OCC(C)(O)C(C)C. The number of aliphatic hydroxyl groups is 1. The van der Waals surface area contributed by atoms with Crippen LogP contribution in [-0.2, 0) is 6.42 Å². The lowest BCUT2D eigenvalue weighted by Gasteiger charge is -2.27. The Morgan fingerprint density at radius 1 is 1.41 bits per heavy atom. The Bertz CT molecular complexity index is 372. The Labute approximate surface area is 104 Å². The van der Waals surface area contributed by atoms with Crippen LogP contribution in [0.25, 0.3) is 0 Å². The van der Waals surface area contributed by atoms with Gasteiger partial charge in [0.15, 0.2) is 0 Å². The van der Waals surface area contributed by atoms with Gasteiger partial charge >= 0.3 is 0 Å². The second-order valence-electron chi connectivity index (χ2n) is 5.05. The maximum Gasteiger partial charge on any atom is 0.140 e. The van der Waals surface area contributed by atoms with Crippen molar-refractivity contribution in [2.45, 2.75) is 46.6 Å².